The van der Waals surface area contributed by atoms with Crippen LogP contribution in [0.15, 0.2) is 24.4 Å². The number of benzene rings is 1. The van der Waals surface area contributed by atoms with Crippen LogP contribution < -0.4 is 10.6 Å². The van der Waals surface area contributed by atoms with Crippen molar-refractivity contribution in [3.63, 3.8) is 0 Å². The fraction of sp³-hybridized carbons (Fsp3) is 0.450. The average Bonchev–Trinajstić information content (AvgIpc) is 3.26. The number of anilines is 1. The number of H-pyrrole nitrogens is 1. The van der Waals surface area contributed by atoms with Crippen LogP contribution >= 0.6 is 0 Å². The number of piperidine rings is 1. The van der Waals surface area contributed by atoms with Crippen molar-refractivity contribution in [2.45, 2.75) is 38.5 Å². The summed E-state index contributed by atoms with van der Waals surface area (Å²) in [5.41, 5.74) is 3.53. The van der Waals surface area contributed by atoms with Crippen LogP contribution in [0.25, 0.3) is 10.9 Å². The minimum absolute atomic E-state index is 0.0376. The summed E-state index contributed by atoms with van der Waals surface area (Å²) >= 11 is 0. The maximum atomic E-state index is 12.4. The lowest BCUT2D eigenvalue weighted by Crippen LogP contribution is -2.27. The third kappa shape index (κ3) is 3.73. The largest absolute Gasteiger partial charge is 0.361 e. The first-order valence-corrected chi connectivity index (χ1v) is 9.59. The molecule has 1 aliphatic heterocycles. The molecule has 0 aliphatic carbocycles. The second kappa shape index (κ2) is 7.52. The van der Waals surface area contributed by atoms with Crippen LogP contribution in [-0.4, -0.2) is 38.7 Å². The normalized spacial score (nSPS) is 15.3. The molecule has 0 unspecified atom stereocenters. The van der Waals surface area contributed by atoms with E-state index in [2.05, 4.69) is 50.8 Å². The smallest absolute Gasteiger partial charge is 0.227 e. The molecule has 0 radical (unpaired) electrons. The first-order valence-electron chi connectivity index (χ1n) is 9.59. The summed E-state index contributed by atoms with van der Waals surface area (Å²) < 4.78 is 1.67. The number of carbonyl (C=O) groups excluding carboxylic acids is 1. The van der Waals surface area contributed by atoms with Crippen LogP contribution in [-0.2, 0) is 18.3 Å². The Morgan fingerprint density at radius 3 is 2.96 bits per heavy atom. The van der Waals surface area contributed by atoms with E-state index in [0.717, 1.165) is 42.8 Å². The lowest BCUT2D eigenvalue weighted by atomic mass is 9.98. The number of nitrogens with one attached hydrogen (secondary N) is 3. The number of fused-ring (bicyclic) bond motifs is 1. The lowest BCUT2D eigenvalue weighted by molar-refractivity contribution is -0.116. The highest BCUT2D eigenvalue weighted by molar-refractivity contribution is 5.90. The van der Waals surface area contributed by atoms with Crippen LogP contribution in [0.1, 0.15) is 42.1 Å². The van der Waals surface area contributed by atoms with E-state index < -0.39 is 0 Å². The van der Waals surface area contributed by atoms with E-state index >= 15 is 0 Å². The quantitative estimate of drug-likeness (QED) is 0.648. The van der Waals surface area contributed by atoms with E-state index in [9.17, 15) is 4.79 Å². The summed E-state index contributed by atoms with van der Waals surface area (Å²) in [7, 11) is 1.83. The molecule has 3 heterocycles. The summed E-state index contributed by atoms with van der Waals surface area (Å²) in [5, 5.41) is 12.0. The van der Waals surface area contributed by atoms with E-state index in [-0.39, 0.29) is 5.91 Å². The number of hydrogen-bond acceptors (Lipinski definition) is 4. The number of para-hydroxylation sites is 1. The number of hydrogen-bond donors (Lipinski definition) is 3. The zero-order valence-electron chi connectivity index (χ0n) is 15.9. The molecule has 27 heavy (non-hydrogen) atoms. The minimum atomic E-state index is -0.0376. The molecule has 0 saturated carbocycles. The second-order valence-electron chi connectivity index (χ2n) is 7.30. The van der Waals surface area contributed by atoms with Crippen molar-refractivity contribution in [1.29, 1.82) is 0 Å². The van der Waals surface area contributed by atoms with E-state index in [1.54, 1.807) is 4.68 Å². The van der Waals surface area contributed by atoms with Crippen molar-refractivity contribution in [3.8, 4) is 0 Å². The number of aryl methyl sites for hydroxylation is 3. The summed E-state index contributed by atoms with van der Waals surface area (Å²) in [4.78, 5) is 20.3. The van der Waals surface area contributed by atoms with Gasteiger partial charge in [0.1, 0.15) is 0 Å². The number of aromatic amines is 1. The fourth-order valence-corrected chi connectivity index (χ4v) is 3.77. The second-order valence-corrected chi connectivity index (χ2v) is 7.30. The van der Waals surface area contributed by atoms with Gasteiger partial charge in [-0.15, -0.1) is 0 Å². The molecule has 3 aromatic rings. The van der Waals surface area contributed by atoms with E-state index in [0.29, 0.717) is 24.7 Å². The number of rotatable bonds is 5. The van der Waals surface area contributed by atoms with Crippen molar-refractivity contribution in [2.24, 2.45) is 7.05 Å². The van der Waals surface area contributed by atoms with Crippen LogP contribution in [0.2, 0.25) is 0 Å². The third-order valence-electron chi connectivity index (χ3n) is 5.37. The molecule has 0 spiro atoms. The number of nitrogens with zero attached hydrogens (tertiary/aromatic N) is 3. The van der Waals surface area contributed by atoms with Gasteiger partial charge in [-0.3, -0.25) is 10.1 Å². The molecule has 7 nitrogen and oxygen atoms in total. The molecule has 1 saturated heterocycles. The Morgan fingerprint density at radius 1 is 1.33 bits per heavy atom. The first kappa shape index (κ1) is 17.7. The maximum absolute atomic E-state index is 12.4. The van der Waals surface area contributed by atoms with Crippen molar-refractivity contribution < 1.29 is 4.79 Å². The maximum Gasteiger partial charge on any atom is 0.227 e. The topological polar surface area (TPSA) is 87.6 Å². The Balaban J connectivity index is 1.39. The lowest BCUT2D eigenvalue weighted by Gasteiger charge is -2.19. The third-order valence-corrected chi connectivity index (χ3v) is 5.37. The molecule has 1 aromatic carbocycles. The summed E-state index contributed by atoms with van der Waals surface area (Å²) in [6.07, 6.45) is 5.18. The van der Waals surface area contributed by atoms with Gasteiger partial charge in [-0.1, -0.05) is 18.2 Å². The van der Waals surface area contributed by atoms with E-state index in [1.165, 1.54) is 10.9 Å². The molecule has 0 bridgehead atoms. The van der Waals surface area contributed by atoms with Crippen LogP contribution in [0.4, 0.5) is 5.95 Å². The highest BCUT2D eigenvalue weighted by Crippen LogP contribution is 2.24. The summed E-state index contributed by atoms with van der Waals surface area (Å²) in [6.45, 7) is 4.08. The van der Waals surface area contributed by atoms with Crippen molar-refractivity contribution in [1.82, 2.24) is 25.1 Å². The molecule has 142 valence electrons. The van der Waals surface area contributed by atoms with E-state index in [1.807, 2.05) is 13.2 Å². The molecule has 1 amide bonds. The highest BCUT2D eigenvalue weighted by atomic mass is 16.1. The Hall–Kier alpha value is -2.67. The van der Waals surface area contributed by atoms with Gasteiger partial charge in [-0.25, -0.2) is 4.68 Å². The van der Waals surface area contributed by atoms with E-state index in [4.69, 9.17) is 0 Å². The van der Waals surface area contributed by atoms with Crippen LogP contribution in [0, 0.1) is 6.92 Å². The Morgan fingerprint density at radius 2 is 2.15 bits per heavy atom. The summed E-state index contributed by atoms with van der Waals surface area (Å²) in [6, 6.07) is 6.24. The Bertz CT molecular complexity index is 951. The molecular formula is C20H26N6O. The number of carbonyl (C=O) groups is 1. The zero-order valence-corrected chi connectivity index (χ0v) is 15.9. The van der Waals surface area contributed by atoms with Gasteiger partial charge in [0.05, 0.1) is 0 Å². The molecule has 1 fully saturated rings. The standard InChI is InChI=1S/C20H26N6O/c1-13-4-3-5-16-15(12-22-18(13)16)6-7-17(27)23-20-24-19(25-26(20)2)14-8-10-21-11-9-14/h3-5,12,14,21-22H,6-11H2,1-2H3,(H,23,24,25,27). The van der Waals surface area contributed by atoms with Gasteiger partial charge >= 0.3 is 0 Å². The molecule has 7 heteroatoms. The molecule has 3 N–H and O–H groups in total. The number of aromatic nitrogens is 4. The zero-order chi connectivity index (χ0) is 18.8. The monoisotopic (exact) mass is 366 g/mol. The van der Waals surface area contributed by atoms with Gasteiger partial charge in [0.2, 0.25) is 11.9 Å². The predicted octanol–water partition coefficient (Wildman–Crippen LogP) is 2.64. The summed E-state index contributed by atoms with van der Waals surface area (Å²) in [5.74, 6) is 1.70. The average molecular weight is 366 g/mol. The van der Waals surface area contributed by atoms with Crippen LogP contribution in [0.3, 0.4) is 0 Å². The minimum Gasteiger partial charge on any atom is -0.361 e. The predicted molar refractivity (Wildman–Crippen MR) is 106 cm³/mol. The van der Waals surface area contributed by atoms with Crippen molar-refractivity contribution >= 4 is 22.8 Å². The van der Waals surface area contributed by atoms with Gasteiger partial charge in [-0.2, -0.15) is 10.1 Å². The van der Waals surface area contributed by atoms with Crippen molar-refractivity contribution in [2.75, 3.05) is 18.4 Å². The van der Waals surface area contributed by atoms with Gasteiger partial charge in [-0.05, 0) is 50.4 Å². The Labute approximate surface area is 158 Å². The molecule has 1 aliphatic rings. The first-order chi connectivity index (χ1) is 13.1. The molecule has 4 rings (SSSR count). The molecular weight excluding hydrogens is 340 g/mol. The number of amides is 1. The molecule has 0 atom stereocenters. The van der Waals surface area contributed by atoms with Crippen LogP contribution in [0.5, 0.6) is 0 Å². The Kier molecular flexibility index (Phi) is 4.94. The SMILES string of the molecule is Cc1cccc2c(CCC(=O)Nc3nc(C4CCNCC4)nn3C)c[nH]c12. The van der Waals surface area contributed by atoms with Gasteiger partial charge in [0.25, 0.3) is 0 Å². The van der Waals surface area contributed by atoms with Gasteiger partial charge in [0, 0.05) is 36.5 Å². The van der Waals surface area contributed by atoms with Crippen molar-refractivity contribution in [3.05, 3.63) is 41.3 Å². The van der Waals surface area contributed by atoms with Gasteiger partial charge < -0.3 is 10.3 Å². The molecule has 2 aromatic heterocycles. The fourth-order valence-electron chi connectivity index (χ4n) is 3.77. The highest BCUT2D eigenvalue weighted by Gasteiger charge is 2.21. The van der Waals surface area contributed by atoms with Gasteiger partial charge in [0.15, 0.2) is 5.82 Å².